The standard InChI is InChI=1S/C12H12N4OS/c1-8-5-10(17-7-11-13-3-4-18-11)9-6-14-16(2)12(9)15-8/h3-6H,7H2,1-2H3. The van der Waals surface area contributed by atoms with Crippen molar-refractivity contribution in [2.24, 2.45) is 7.05 Å². The first-order valence-corrected chi connectivity index (χ1v) is 6.42. The third-order valence-corrected chi connectivity index (χ3v) is 3.38. The van der Waals surface area contributed by atoms with E-state index in [4.69, 9.17) is 4.74 Å². The average Bonchev–Trinajstić information content (AvgIpc) is 2.97. The molecular formula is C12H12N4OS. The molecule has 0 amide bonds. The van der Waals surface area contributed by atoms with E-state index in [1.807, 2.05) is 25.4 Å². The number of aryl methyl sites for hydroxylation is 2. The fraction of sp³-hybridized carbons (Fsp3) is 0.250. The molecule has 0 N–H and O–H groups in total. The highest BCUT2D eigenvalue weighted by molar-refractivity contribution is 7.09. The number of hydrogen-bond acceptors (Lipinski definition) is 5. The highest BCUT2D eigenvalue weighted by atomic mass is 32.1. The molecule has 0 aliphatic carbocycles. The van der Waals surface area contributed by atoms with Gasteiger partial charge in [-0.25, -0.2) is 9.97 Å². The molecule has 3 heterocycles. The molecule has 0 bridgehead atoms. The van der Waals surface area contributed by atoms with Gasteiger partial charge >= 0.3 is 0 Å². The van der Waals surface area contributed by atoms with Gasteiger partial charge in [-0.1, -0.05) is 0 Å². The first-order valence-electron chi connectivity index (χ1n) is 5.54. The molecule has 0 saturated heterocycles. The lowest BCUT2D eigenvalue weighted by Gasteiger charge is -2.06. The van der Waals surface area contributed by atoms with E-state index in [2.05, 4.69) is 15.1 Å². The molecule has 92 valence electrons. The molecule has 0 spiro atoms. The number of ether oxygens (including phenoxy) is 1. The first-order chi connectivity index (χ1) is 8.74. The van der Waals surface area contributed by atoms with Crippen LogP contribution in [0.3, 0.4) is 0 Å². The van der Waals surface area contributed by atoms with Crippen LogP contribution in [0.4, 0.5) is 0 Å². The molecule has 0 fully saturated rings. The Labute approximate surface area is 108 Å². The number of hydrogen-bond donors (Lipinski definition) is 0. The van der Waals surface area contributed by atoms with Crippen LogP contribution in [0.25, 0.3) is 11.0 Å². The number of thiazole rings is 1. The summed E-state index contributed by atoms with van der Waals surface area (Å²) in [5.74, 6) is 0.806. The van der Waals surface area contributed by atoms with Gasteiger partial charge in [0.25, 0.3) is 0 Å². The smallest absolute Gasteiger partial charge is 0.161 e. The van der Waals surface area contributed by atoms with Crippen molar-refractivity contribution in [1.82, 2.24) is 19.7 Å². The highest BCUT2D eigenvalue weighted by Crippen LogP contribution is 2.25. The van der Waals surface area contributed by atoms with Crippen LogP contribution in [0.2, 0.25) is 0 Å². The summed E-state index contributed by atoms with van der Waals surface area (Å²) >= 11 is 1.58. The third-order valence-electron chi connectivity index (χ3n) is 2.63. The van der Waals surface area contributed by atoms with Gasteiger partial charge in [-0.05, 0) is 6.92 Å². The number of rotatable bonds is 3. The highest BCUT2D eigenvalue weighted by Gasteiger charge is 2.09. The summed E-state index contributed by atoms with van der Waals surface area (Å²) in [4.78, 5) is 8.64. The van der Waals surface area contributed by atoms with Crippen molar-refractivity contribution in [2.45, 2.75) is 13.5 Å². The van der Waals surface area contributed by atoms with Crippen LogP contribution in [0.5, 0.6) is 5.75 Å². The lowest BCUT2D eigenvalue weighted by atomic mass is 10.3. The molecule has 0 radical (unpaired) electrons. The largest absolute Gasteiger partial charge is 0.486 e. The molecule has 6 heteroatoms. The Morgan fingerprint density at radius 1 is 1.44 bits per heavy atom. The van der Waals surface area contributed by atoms with E-state index in [0.29, 0.717) is 6.61 Å². The van der Waals surface area contributed by atoms with Crippen molar-refractivity contribution < 1.29 is 4.74 Å². The van der Waals surface area contributed by atoms with Crippen molar-refractivity contribution in [3.63, 3.8) is 0 Å². The predicted molar refractivity (Wildman–Crippen MR) is 69.7 cm³/mol. The molecule has 5 nitrogen and oxygen atoms in total. The molecule has 3 aromatic heterocycles. The molecule has 0 atom stereocenters. The Kier molecular flexibility index (Phi) is 2.71. The van der Waals surface area contributed by atoms with Gasteiger partial charge in [0, 0.05) is 30.4 Å². The van der Waals surface area contributed by atoms with Crippen molar-refractivity contribution in [3.8, 4) is 5.75 Å². The Morgan fingerprint density at radius 2 is 2.33 bits per heavy atom. The number of nitrogens with zero attached hydrogens (tertiary/aromatic N) is 4. The van der Waals surface area contributed by atoms with Gasteiger partial charge in [-0.15, -0.1) is 11.3 Å². The lowest BCUT2D eigenvalue weighted by molar-refractivity contribution is 0.309. The van der Waals surface area contributed by atoms with Gasteiger partial charge < -0.3 is 4.74 Å². The third kappa shape index (κ3) is 1.95. The van der Waals surface area contributed by atoms with Gasteiger partial charge in [-0.3, -0.25) is 4.68 Å². The second kappa shape index (κ2) is 4.38. The van der Waals surface area contributed by atoms with Gasteiger partial charge in [0.15, 0.2) is 5.65 Å². The van der Waals surface area contributed by atoms with E-state index in [-0.39, 0.29) is 0 Å². The predicted octanol–water partition coefficient (Wildman–Crippen LogP) is 2.31. The Morgan fingerprint density at radius 3 is 3.11 bits per heavy atom. The topological polar surface area (TPSA) is 52.8 Å². The van der Waals surface area contributed by atoms with E-state index in [1.54, 1.807) is 28.4 Å². The van der Waals surface area contributed by atoms with E-state index in [1.165, 1.54) is 0 Å². The molecule has 3 aromatic rings. The van der Waals surface area contributed by atoms with Crippen molar-refractivity contribution in [3.05, 3.63) is 34.5 Å². The summed E-state index contributed by atoms with van der Waals surface area (Å²) in [7, 11) is 1.87. The molecule has 0 saturated carbocycles. The summed E-state index contributed by atoms with van der Waals surface area (Å²) in [5, 5.41) is 8.03. The fourth-order valence-corrected chi connectivity index (χ4v) is 2.31. The maximum absolute atomic E-state index is 5.81. The van der Waals surface area contributed by atoms with Crippen molar-refractivity contribution >= 4 is 22.4 Å². The maximum atomic E-state index is 5.81. The summed E-state index contributed by atoms with van der Waals surface area (Å²) in [6.07, 6.45) is 3.56. The van der Waals surface area contributed by atoms with Crippen LogP contribution < -0.4 is 4.74 Å². The van der Waals surface area contributed by atoms with E-state index < -0.39 is 0 Å². The number of fused-ring (bicyclic) bond motifs is 1. The van der Waals surface area contributed by atoms with E-state index in [9.17, 15) is 0 Å². The van der Waals surface area contributed by atoms with Gasteiger partial charge in [-0.2, -0.15) is 5.10 Å². The van der Waals surface area contributed by atoms with Gasteiger partial charge in [0.2, 0.25) is 0 Å². The molecule has 0 unspecified atom stereocenters. The monoisotopic (exact) mass is 260 g/mol. The zero-order valence-corrected chi connectivity index (χ0v) is 10.9. The van der Waals surface area contributed by atoms with E-state index >= 15 is 0 Å². The molecule has 0 aliphatic rings. The van der Waals surface area contributed by atoms with Crippen LogP contribution in [-0.4, -0.2) is 19.7 Å². The van der Waals surface area contributed by atoms with Gasteiger partial charge in [0.1, 0.15) is 17.4 Å². The number of aromatic nitrogens is 4. The van der Waals surface area contributed by atoms with Crippen LogP contribution in [0.1, 0.15) is 10.7 Å². The van der Waals surface area contributed by atoms with Crippen LogP contribution in [0, 0.1) is 6.92 Å². The molecule has 3 rings (SSSR count). The molecule has 0 aliphatic heterocycles. The second-order valence-electron chi connectivity index (χ2n) is 3.98. The van der Waals surface area contributed by atoms with Crippen LogP contribution >= 0.6 is 11.3 Å². The summed E-state index contributed by atoms with van der Waals surface area (Å²) in [5.41, 5.74) is 1.75. The SMILES string of the molecule is Cc1cc(OCc2nccs2)c2cnn(C)c2n1. The quantitative estimate of drug-likeness (QED) is 0.725. The lowest BCUT2D eigenvalue weighted by Crippen LogP contribution is -1.98. The molecular weight excluding hydrogens is 248 g/mol. The van der Waals surface area contributed by atoms with Crippen LogP contribution in [-0.2, 0) is 13.7 Å². The normalized spacial score (nSPS) is 11.0. The minimum absolute atomic E-state index is 0.477. The average molecular weight is 260 g/mol. The Hall–Kier alpha value is -1.95. The Balaban J connectivity index is 1.95. The van der Waals surface area contributed by atoms with Crippen LogP contribution in [0.15, 0.2) is 23.8 Å². The first kappa shape index (κ1) is 11.2. The van der Waals surface area contributed by atoms with E-state index in [0.717, 1.165) is 27.5 Å². The minimum Gasteiger partial charge on any atom is -0.486 e. The minimum atomic E-state index is 0.477. The van der Waals surface area contributed by atoms with Gasteiger partial charge in [0.05, 0.1) is 11.6 Å². The second-order valence-corrected chi connectivity index (χ2v) is 4.96. The zero-order chi connectivity index (χ0) is 12.5. The number of pyridine rings is 1. The van der Waals surface area contributed by atoms with Crippen molar-refractivity contribution in [2.75, 3.05) is 0 Å². The zero-order valence-electron chi connectivity index (χ0n) is 10.1. The maximum Gasteiger partial charge on any atom is 0.161 e. The fourth-order valence-electron chi connectivity index (χ4n) is 1.79. The summed E-state index contributed by atoms with van der Waals surface area (Å²) < 4.78 is 7.56. The summed E-state index contributed by atoms with van der Waals surface area (Å²) in [6.45, 7) is 2.42. The van der Waals surface area contributed by atoms with Crippen molar-refractivity contribution in [1.29, 1.82) is 0 Å². The summed E-state index contributed by atoms with van der Waals surface area (Å²) in [6, 6.07) is 1.93. The Bertz CT molecular complexity index is 675. The molecule has 18 heavy (non-hydrogen) atoms. The molecule has 0 aromatic carbocycles.